The second-order valence-corrected chi connectivity index (χ2v) is 5.44. The van der Waals surface area contributed by atoms with Gasteiger partial charge < -0.3 is 10.6 Å². The van der Waals surface area contributed by atoms with E-state index in [9.17, 15) is 4.79 Å². The number of amides is 1. The molecular weight excluding hydrogens is 304 g/mol. The fourth-order valence-corrected chi connectivity index (χ4v) is 2.61. The summed E-state index contributed by atoms with van der Waals surface area (Å²) in [5.41, 5.74) is 0.659. The fraction of sp³-hybridized carbons (Fsp3) is 0.417. The lowest BCUT2D eigenvalue weighted by molar-refractivity contribution is -0.118. The summed E-state index contributed by atoms with van der Waals surface area (Å²) < 4.78 is 0.899. The maximum Gasteiger partial charge on any atom is 0.241 e. The molecule has 0 aliphatic carbocycles. The van der Waals surface area contributed by atoms with E-state index in [1.807, 2.05) is 6.07 Å². The molecule has 1 heterocycles. The van der Waals surface area contributed by atoms with Gasteiger partial charge in [-0.1, -0.05) is 34.0 Å². The van der Waals surface area contributed by atoms with E-state index in [-0.39, 0.29) is 11.9 Å². The van der Waals surface area contributed by atoms with E-state index < -0.39 is 0 Å². The van der Waals surface area contributed by atoms with Crippen LogP contribution in [0.5, 0.6) is 0 Å². The van der Waals surface area contributed by atoms with Gasteiger partial charge in [0.05, 0.1) is 16.8 Å². The molecular formula is C12H14BrClN2O. The first-order valence-corrected chi connectivity index (χ1v) is 6.83. The average molecular weight is 318 g/mol. The normalized spacial score (nSPS) is 20.0. The predicted octanol–water partition coefficient (Wildman–Crippen LogP) is 3.18. The first-order valence-electron chi connectivity index (χ1n) is 5.66. The Bertz CT molecular complexity index is 419. The highest BCUT2D eigenvalue weighted by atomic mass is 79.9. The lowest BCUT2D eigenvalue weighted by Gasteiger charge is -2.22. The van der Waals surface area contributed by atoms with Gasteiger partial charge in [-0.3, -0.25) is 4.79 Å². The molecule has 0 aromatic heterocycles. The number of hydrogen-bond donors (Lipinski definition) is 2. The maximum atomic E-state index is 12.0. The average Bonchev–Trinajstić information content (AvgIpc) is 2.34. The molecule has 1 atom stereocenters. The van der Waals surface area contributed by atoms with E-state index in [2.05, 4.69) is 26.6 Å². The van der Waals surface area contributed by atoms with E-state index in [1.165, 1.54) is 0 Å². The quantitative estimate of drug-likeness (QED) is 0.879. The summed E-state index contributed by atoms with van der Waals surface area (Å²) in [4.78, 5) is 12.0. The highest BCUT2D eigenvalue weighted by molar-refractivity contribution is 9.10. The van der Waals surface area contributed by atoms with E-state index >= 15 is 0 Å². The molecule has 3 nitrogen and oxygen atoms in total. The van der Waals surface area contributed by atoms with Crippen LogP contribution in [0.1, 0.15) is 19.3 Å². The van der Waals surface area contributed by atoms with Crippen molar-refractivity contribution in [1.29, 1.82) is 0 Å². The molecule has 0 spiro atoms. The molecule has 1 fully saturated rings. The monoisotopic (exact) mass is 316 g/mol. The Kier molecular flexibility index (Phi) is 4.42. The minimum absolute atomic E-state index is 0.00563. The van der Waals surface area contributed by atoms with Gasteiger partial charge >= 0.3 is 0 Å². The zero-order valence-corrected chi connectivity index (χ0v) is 11.6. The number of nitrogens with one attached hydrogen (secondary N) is 2. The highest BCUT2D eigenvalue weighted by Crippen LogP contribution is 2.26. The van der Waals surface area contributed by atoms with Gasteiger partial charge in [-0.15, -0.1) is 0 Å². The van der Waals surface area contributed by atoms with Crippen LogP contribution in [0.3, 0.4) is 0 Å². The summed E-state index contributed by atoms with van der Waals surface area (Å²) in [7, 11) is 0. The van der Waals surface area contributed by atoms with Crippen molar-refractivity contribution < 1.29 is 4.79 Å². The standard InChI is InChI=1S/C12H14BrClN2O/c13-8-4-5-10(9(14)7-8)16-12(17)11-3-1-2-6-15-11/h4-5,7,11,15H,1-3,6H2,(H,16,17). The third-order valence-electron chi connectivity index (χ3n) is 2.82. The number of piperidine rings is 1. The Morgan fingerprint density at radius 3 is 2.94 bits per heavy atom. The van der Waals surface area contributed by atoms with Crippen LogP contribution in [0.15, 0.2) is 22.7 Å². The zero-order chi connectivity index (χ0) is 12.3. The van der Waals surface area contributed by atoms with Crippen LogP contribution in [0.25, 0.3) is 0 Å². The molecule has 1 saturated heterocycles. The fourth-order valence-electron chi connectivity index (χ4n) is 1.89. The minimum Gasteiger partial charge on any atom is -0.323 e. The Hall–Kier alpha value is -0.580. The summed E-state index contributed by atoms with van der Waals surface area (Å²) in [6.07, 6.45) is 3.13. The predicted molar refractivity (Wildman–Crippen MR) is 73.4 cm³/mol. The third kappa shape index (κ3) is 3.44. The van der Waals surface area contributed by atoms with Gasteiger partial charge in [-0.05, 0) is 37.6 Å². The van der Waals surface area contributed by atoms with E-state index in [0.717, 1.165) is 30.3 Å². The molecule has 1 aliphatic heterocycles. The van der Waals surface area contributed by atoms with Crippen LogP contribution in [-0.2, 0) is 4.79 Å². The van der Waals surface area contributed by atoms with Crippen molar-refractivity contribution in [2.75, 3.05) is 11.9 Å². The Labute approximate surface area is 114 Å². The summed E-state index contributed by atoms with van der Waals surface area (Å²) in [6.45, 7) is 0.909. The third-order valence-corrected chi connectivity index (χ3v) is 3.62. The van der Waals surface area contributed by atoms with Crippen molar-refractivity contribution in [3.8, 4) is 0 Å². The van der Waals surface area contributed by atoms with Crippen molar-refractivity contribution in [2.24, 2.45) is 0 Å². The van der Waals surface area contributed by atoms with Gasteiger partial charge in [0.25, 0.3) is 0 Å². The van der Waals surface area contributed by atoms with Gasteiger partial charge in [0.2, 0.25) is 5.91 Å². The molecule has 92 valence electrons. The second-order valence-electron chi connectivity index (χ2n) is 4.12. The number of rotatable bonds is 2. The van der Waals surface area contributed by atoms with E-state index in [1.54, 1.807) is 12.1 Å². The van der Waals surface area contributed by atoms with Crippen LogP contribution >= 0.6 is 27.5 Å². The number of benzene rings is 1. The second kappa shape index (κ2) is 5.85. The van der Waals surface area contributed by atoms with Crippen LogP contribution in [0, 0.1) is 0 Å². The zero-order valence-electron chi connectivity index (χ0n) is 9.30. The van der Waals surface area contributed by atoms with Gasteiger partial charge in [0.15, 0.2) is 0 Å². The molecule has 0 bridgehead atoms. The van der Waals surface area contributed by atoms with Crippen LogP contribution in [-0.4, -0.2) is 18.5 Å². The van der Waals surface area contributed by atoms with Gasteiger partial charge in [-0.2, -0.15) is 0 Å². The molecule has 1 aromatic rings. The van der Waals surface area contributed by atoms with Crippen molar-refractivity contribution in [3.05, 3.63) is 27.7 Å². The maximum absolute atomic E-state index is 12.0. The number of anilines is 1. The van der Waals surface area contributed by atoms with Gasteiger partial charge in [-0.25, -0.2) is 0 Å². The molecule has 2 N–H and O–H groups in total. The van der Waals surface area contributed by atoms with Crippen LogP contribution in [0.2, 0.25) is 5.02 Å². The van der Waals surface area contributed by atoms with Crippen molar-refractivity contribution >= 4 is 39.1 Å². The summed E-state index contributed by atoms with van der Waals surface area (Å²) >= 11 is 9.38. The van der Waals surface area contributed by atoms with Crippen molar-refractivity contribution in [2.45, 2.75) is 25.3 Å². The first-order chi connectivity index (χ1) is 8.16. The lowest BCUT2D eigenvalue weighted by Crippen LogP contribution is -2.43. The molecule has 1 unspecified atom stereocenters. The first kappa shape index (κ1) is 12.9. The smallest absolute Gasteiger partial charge is 0.241 e. The van der Waals surface area contributed by atoms with Gasteiger partial charge in [0, 0.05) is 4.47 Å². The molecule has 2 rings (SSSR count). The molecule has 0 saturated carbocycles. The summed E-state index contributed by atoms with van der Waals surface area (Å²) in [6, 6.07) is 5.33. The number of hydrogen-bond acceptors (Lipinski definition) is 2. The SMILES string of the molecule is O=C(Nc1ccc(Br)cc1Cl)C1CCCCN1. The van der Waals surface area contributed by atoms with Crippen LogP contribution in [0.4, 0.5) is 5.69 Å². The Morgan fingerprint density at radius 2 is 2.29 bits per heavy atom. The minimum atomic E-state index is -0.0940. The van der Waals surface area contributed by atoms with Crippen molar-refractivity contribution in [1.82, 2.24) is 5.32 Å². The molecule has 1 aliphatic rings. The molecule has 5 heteroatoms. The summed E-state index contributed by atoms with van der Waals surface area (Å²) in [5, 5.41) is 6.60. The topological polar surface area (TPSA) is 41.1 Å². The Balaban J connectivity index is 2.02. The van der Waals surface area contributed by atoms with Gasteiger partial charge in [0.1, 0.15) is 0 Å². The Morgan fingerprint density at radius 1 is 1.47 bits per heavy atom. The number of carbonyl (C=O) groups excluding carboxylic acids is 1. The van der Waals surface area contributed by atoms with Crippen molar-refractivity contribution in [3.63, 3.8) is 0 Å². The molecule has 0 radical (unpaired) electrons. The van der Waals surface area contributed by atoms with E-state index in [0.29, 0.717) is 10.7 Å². The lowest BCUT2D eigenvalue weighted by atomic mass is 10.0. The van der Waals surface area contributed by atoms with Crippen LogP contribution < -0.4 is 10.6 Å². The summed E-state index contributed by atoms with van der Waals surface area (Å²) in [5.74, 6) is -0.00563. The largest absolute Gasteiger partial charge is 0.323 e. The molecule has 17 heavy (non-hydrogen) atoms. The molecule has 1 amide bonds. The number of halogens is 2. The highest BCUT2D eigenvalue weighted by Gasteiger charge is 2.20. The molecule has 1 aromatic carbocycles. The number of carbonyl (C=O) groups is 1. The van der Waals surface area contributed by atoms with E-state index in [4.69, 9.17) is 11.6 Å².